The molecule has 0 heterocycles. The van der Waals surface area contributed by atoms with Crippen molar-refractivity contribution in [1.29, 1.82) is 0 Å². The minimum Gasteiger partial charge on any atom is -0.256 e. The fraction of sp³-hybridized carbons (Fsp3) is 0.182. The first kappa shape index (κ1) is 22.2. The third-order valence-electron chi connectivity index (χ3n) is 4.87. The van der Waals surface area contributed by atoms with E-state index in [0.717, 1.165) is 22.5 Å². The maximum absolute atomic E-state index is 14.7. The quantitative estimate of drug-likeness (QED) is 0.452. The Bertz CT molecular complexity index is 1200. The highest BCUT2D eigenvalue weighted by Crippen LogP contribution is 2.37. The molecule has 0 N–H and O–H groups in total. The van der Waals surface area contributed by atoms with Gasteiger partial charge in [-0.05, 0) is 79.9 Å². The second-order valence-corrected chi connectivity index (χ2v) is 9.24. The molecule has 0 unspecified atom stereocenters. The number of halogens is 4. The van der Waals surface area contributed by atoms with Crippen LogP contribution in [0.1, 0.15) is 29.7 Å². The van der Waals surface area contributed by atoms with Crippen molar-refractivity contribution in [2.75, 3.05) is 4.31 Å². The summed E-state index contributed by atoms with van der Waals surface area (Å²) in [6, 6.07) is 9.81. The van der Waals surface area contributed by atoms with Crippen LogP contribution in [-0.2, 0) is 10.0 Å². The van der Waals surface area contributed by atoms with Crippen LogP contribution < -0.4 is 4.31 Å². The molecule has 0 aromatic heterocycles. The van der Waals surface area contributed by atoms with Gasteiger partial charge in [-0.15, -0.1) is 0 Å². The molecule has 1 atom stereocenters. The van der Waals surface area contributed by atoms with E-state index in [-0.39, 0.29) is 4.90 Å². The summed E-state index contributed by atoms with van der Waals surface area (Å²) in [6.07, 6.45) is 0. The highest BCUT2D eigenvalue weighted by atomic mass is 35.5. The summed E-state index contributed by atoms with van der Waals surface area (Å²) in [5.41, 5.74) is 0.818. The van der Waals surface area contributed by atoms with Gasteiger partial charge in [0.25, 0.3) is 10.0 Å². The average Bonchev–Trinajstić information content (AvgIpc) is 2.67. The Hall–Kier alpha value is -2.51. The SMILES string of the molecule is Cc1cc([C@@H](C)N(c2cc(F)ccc2F)S(=O)(=O)c2ccc(Cl)cc2)c(C)cc1F. The summed E-state index contributed by atoms with van der Waals surface area (Å²) in [7, 11) is -4.32. The second kappa shape index (κ2) is 8.32. The van der Waals surface area contributed by atoms with E-state index in [1.807, 2.05) is 0 Å². The normalized spacial score (nSPS) is 12.6. The Labute approximate surface area is 178 Å². The third-order valence-corrected chi connectivity index (χ3v) is 7.02. The third kappa shape index (κ3) is 4.18. The van der Waals surface area contributed by atoms with Gasteiger partial charge in [-0.1, -0.05) is 17.7 Å². The topological polar surface area (TPSA) is 37.4 Å². The van der Waals surface area contributed by atoms with Crippen molar-refractivity contribution in [3.8, 4) is 0 Å². The van der Waals surface area contributed by atoms with Crippen LogP contribution in [0.3, 0.4) is 0 Å². The molecule has 158 valence electrons. The number of nitrogens with zero attached hydrogens (tertiary/aromatic N) is 1. The van der Waals surface area contributed by atoms with Crippen molar-refractivity contribution in [3.63, 3.8) is 0 Å². The zero-order valence-corrected chi connectivity index (χ0v) is 18.0. The summed E-state index contributed by atoms with van der Waals surface area (Å²) >= 11 is 5.86. The fourth-order valence-corrected chi connectivity index (χ4v) is 5.06. The molecule has 3 aromatic rings. The molecule has 0 aliphatic rings. The Morgan fingerprint density at radius 2 is 1.50 bits per heavy atom. The van der Waals surface area contributed by atoms with Crippen molar-refractivity contribution in [2.24, 2.45) is 0 Å². The van der Waals surface area contributed by atoms with Gasteiger partial charge in [-0.3, -0.25) is 4.31 Å². The van der Waals surface area contributed by atoms with Gasteiger partial charge in [0.15, 0.2) is 0 Å². The van der Waals surface area contributed by atoms with Crippen molar-refractivity contribution >= 4 is 27.3 Å². The van der Waals surface area contributed by atoms with E-state index in [2.05, 4.69) is 0 Å². The highest BCUT2D eigenvalue weighted by Gasteiger charge is 2.33. The molecule has 0 aliphatic carbocycles. The lowest BCUT2D eigenvalue weighted by molar-refractivity contribution is 0.569. The number of hydrogen-bond acceptors (Lipinski definition) is 2. The van der Waals surface area contributed by atoms with Gasteiger partial charge in [0, 0.05) is 11.1 Å². The molecule has 8 heteroatoms. The molecule has 0 amide bonds. The molecule has 0 saturated heterocycles. The lowest BCUT2D eigenvalue weighted by atomic mass is 9.99. The maximum atomic E-state index is 14.7. The highest BCUT2D eigenvalue weighted by molar-refractivity contribution is 7.92. The smallest absolute Gasteiger partial charge is 0.256 e. The largest absolute Gasteiger partial charge is 0.264 e. The minimum absolute atomic E-state index is 0.140. The van der Waals surface area contributed by atoms with Crippen LogP contribution in [0.15, 0.2) is 59.5 Å². The monoisotopic (exact) mass is 453 g/mol. The standard InChI is InChI=1S/C22H19ClF3NO2S/c1-13-11-21(26)14(2)10-19(13)15(3)27(22-12-17(24)6-9-20(22)25)30(28,29)18-7-4-16(23)5-8-18/h4-12,15H,1-3H3/t15-/m1/s1. The van der Waals surface area contributed by atoms with Gasteiger partial charge in [-0.25, -0.2) is 21.6 Å². The van der Waals surface area contributed by atoms with E-state index in [9.17, 15) is 21.6 Å². The van der Waals surface area contributed by atoms with E-state index in [0.29, 0.717) is 21.7 Å². The molecule has 30 heavy (non-hydrogen) atoms. The first-order valence-corrected chi connectivity index (χ1v) is 10.9. The van der Waals surface area contributed by atoms with Crippen molar-refractivity contribution in [2.45, 2.75) is 31.7 Å². The summed E-state index contributed by atoms with van der Waals surface area (Å²) in [5, 5.41) is 0.329. The van der Waals surface area contributed by atoms with E-state index in [1.54, 1.807) is 13.8 Å². The van der Waals surface area contributed by atoms with Crippen LogP contribution in [0.5, 0.6) is 0 Å². The van der Waals surface area contributed by atoms with Gasteiger partial charge in [0.2, 0.25) is 0 Å². The van der Waals surface area contributed by atoms with Crippen LogP contribution in [-0.4, -0.2) is 8.42 Å². The zero-order valence-electron chi connectivity index (χ0n) is 16.5. The number of hydrogen-bond donors (Lipinski definition) is 0. The van der Waals surface area contributed by atoms with Gasteiger partial charge in [0.05, 0.1) is 16.6 Å². The first-order chi connectivity index (χ1) is 14.0. The summed E-state index contributed by atoms with van der Waals surface area (Å²) in [5.74, 6) is -2.13. The van der Waals surface area contributed by atoms with Crippen molar-refractivity contribution < 1.29 is 21.6 Å². The van der Waals surface area contributed by atoms with Crippen molar-refractivity contribution in [3.05, 3.63) is 93.8 Å². The number of rotatable bonds is 5. The summed E-state index contributed by atoms with van der Waals surface area (Å²) in [4.78, 5) is -0.140. The van der Waals surface area contributed by atoms with Gasteiger partial charge >= 0.3 is 0 Å². The van der Waals surface area contributed by atoms with Crippen LogP contribution in [0.25, 0.3) is 0 Å². The molecular formula is C22H19ClF3NO2S. The Morgan fingerprint density at radius 3 is 2.13 bits per heavy atom. The molecule has 3 rings (SSSR count). The molecule has 0 radical (unpaired) electrons. The number of sulfonamides is 1. The second-order valence-electron chi connectivity index (χ2n) is 6.98. The zero-order chi connectivity index (χ0) is 22.2. The lowest BCUT2D eigenvalue weighted by Gasteiger charge is -2.32. The van der Waals surface area contributed by atoms with Gasteiger partial charge in [-0.2, -0.15) is 0 Å². The molecule has 3 aromatic carbocycles. The predicted octanol–water partition coefficient (Wildman–Crippen LogP) is 6.33. The maximum Gasteiger partial charge on any atom is 0.264 e. The lowest BCUT2D eigenvalue weighted by Crippen LogP contribution is -2.35. The summed E-state index contributed by atoms with van der Waals surface area (Å²) in [6.45, 7) is 4.71. The molecular weight excluding hydrogens is 435 g/mol. The fourth-order valence-electron chi connectivity index (χ4n) is 3.30. The van der Waals surface area contributed by atoms with Crippen molar-refractivity contribution in [1.82, 2.24) is 0 Å². The first-order valence-electron chi connectivity index (χ1n) is 9.04. The Balaban J connectivity index is 2.26. The Morgan fingerprint density at radius 1 is 0.867 bits per heavy atom. The molecule has 3 nitrogen and oxygen atoms in total. The number of aryl methyl sites for hydroxylation is 2. The van der Waals surface area contributed by atoms with Gasteiger partial charge in [0.1, 0.15) is 17.5 Å². The van der Waals surface area contributed by atoms with Crippen LogP contribution in [0.4, 0.5) is 18.9 Å². The van der Waals surface area contributed by atoms with Crippen LogP contribution in [0, 0.1) is 31.3 Å². The van der Waals surface area contributed by atoms with E-state index < -0.39 is 39.2 Å². The van der Waals surface area contributed by atoms with Crippen LogP contribution in [0.2, 0.25) is 5.02 Å². The van der Waals surface area contributed by atoms with E-state index in [4.69, 9.17) is 11.6 Å². The van der Waals surface area contributed by atoms with E-state index >= 15 is 0 Å². The molecule has 0 bridgehead atoms. The molecule has 0 spiro atoms. The molecule has 0 saturated carbocycles. The number of anilines is 1. The molecule has 0 fully saturated rings. The average molecular weight is 454 g/mol. The number of benzene rings is 3. The van der Waals surface area contributed by atoms with E-state index in [1.165, 1.54) is 43.3 Å². The van der Waals surface area contributed by atoms with Gasteiger partial charge < -0.3 is 0 Å². The predicted molar refractivity (Wildman–Crippen MR) is 112 cm³/mol. The minimum atomic E-state index is -4.32. The molecule has 0 aliphatic heterocycles. The Kier molecular flexibility index (Phi) is 6.15. The van der Waals surface area contributed by atoms with Crippen LogP contribution >= 0.6 is 11.6 Å². The summed E-state index contributed by atoms with van der Waals surface area (Å²) < 4.78 is 70.4.